The predicted molar refractivity (Wildman–Crippen MR) is 119 cm³/mol. The van der Waals surface area contributed by atoms with E-state index in [0.717, 1.165) is 27.8 Å². The lowest BCUT2D eigenvalue weighted by Crippen LogP contribution is -2.36. The maximum Gasteiger partial charge on any atom is 0.294 e. The lowest BCUT2D eigenvalue weighted by Gasteiger charge is -2.13. The van der Waals surface area contributed by atoms with Crippen molar-refractivity contribution >= 4 is 40.6 Å². The van der Waals surface area contributed by atoms with Gasteiger partial charge in [-0.3, -0.25) is 19.3 Å². The molecule has 1 aliphatic heterocycles. The Morgan fingerprint density at radius 2 is 1.80 bits per heavy atom. The van der Waals surface area contributed by atoms with Gasteiger partial charge in [-0.25, -0.2) is 0 Å². The van der Waals surface area contributed by atoms with Gasteiger partial charge in [0.2, 0.25) is 5.91 Å². The van der Waals surface area contributed by atoms with Crippen molar-refractivity contribution in [2.45, 2.75) is 33.8 Å². The summed E-state index contributed by atoms with van der Waals surface area (Å²) in [6.45, 7) is 7.37. The Bertz CT molecular complexity index is 1010. The smallest absolute Gasteiger partial charge is 0.294 e. The summed E-state index contributed by atoms with van der Waals surface area (Å²) < 4.78 is 5.77. The molecule has 0 bridgehead atoms. The molecule has 1 N–H and O–H groups in total. The number of nitrogens with zero attached hydrogens (tertiary/aromatic N) is 1. The van der Waals surface area contributed by atoms with Crippen molar-refractivity contribution < 1.29 is 19.1 Å². The highest BCUT2D eigenvalue weighted by molar-refractivity contribution is 8.18. The van der Waals surface area contributed by atoms with Gasteiger partial charge in [0.15, 0.2) is 0 Å². The minimum absolute atomic E-state index is 0.0245. The normalized spacial score (nSPS) is 15.2. The minimum atomic E-state index is -0.486. The number of para-hydroxylation sites is 1. The second kappa shape index (κ2) is 9.17. The molecule has 1 aliphatic rings. The average Bonchev–Trinajstić information content (AvgIpc) is 2.89. The lowest BCUT2D eigenvalue weighted by atomic mass is 10.1. The van der Waals surface area contributed by atoms with Crippen LogP contribution in [0.3, 0.4) is 0 Å². The van der Waals surface area contributed by atoms with Crippen LogP contribution in [-0.2, 0) is 9.59 Å². The van der Waals surface area contributed by atoms with Crippen LogP contribution < -0.4 is 10.1 Å². The van der Waals surface area contributed by atoms with Crippen LogP contribution in [0.1, 0.15) is 30.5 Å². The molecule has 0 atom stereocenters. The third-order valence-corrected chi connectivity index (χ3v) is 5.16. The van der Waals surface area contributed by atoms with Crippen molar-refractivity contribution in [3.63, 3.8) is 0 Å². The third-order valence-electron chi connectivity index (χ3n) is 4.25. The van der Waals surface area contributed by atoms with E-state index in [1.54, 1.807) is 6.08 Å². The molecule has 0 spiro atoms. The monoisotopic (exact) mass is 424 g/mol. The Morgan fingerprint density at radius 1 is 1.13 bits per heavy atom. The van der Waals surface area contributed by atoms with Crippen LogP contribution in [0, 0.1) is 13.8 Å². The molecule has 0 saturated carbocycles. The van der Waals surface area contributed by atoms with Crippen molar-refractivity contribution in [3.05, 3.63) is 64.1 Å². The number of nitrogens with one attached hydrogen (secondary N) is 1. The van der Waals surface area contributed by atoms with Gasteiger partial charge in [-0.05, 0) is 74.9 Å². The maximum absolute atomic E-state index is 12.7. The van der Waals surface area contributed by atoms with E-state index in [1.165, 1.54) is 0 Å². The first-order chi connectivity index (χ1) is 14.2. The maximum atomic E-state index is 12.7. The van der Waals surface area contributed by atoms with Crippen LogP contribution in [0.2, 0.25) is 0 Å². The fraction of sp³-hybridized carbons (Fsp3) is 0.261. The highest BCUT2D eigenvalue weighted by Gasteiger charge is 2.36. The van der Waals surface area contributed by atoms with E-state index in [4.69, 9.17) is 4.74 Å². The largest absolute Gasteiger partial charge is 0.490 e. The standard InChI is InChI=1S/C23H24N2O4S/c1-14(2)29-19-8-6-5-7-17(19)12-20-22(27)25(23(28)30-20)13-21(26)24-18-10-15(3)9-16(4)11-18/h5-12,14H,13H2,1-4H3,(H,24,26)/b20-12-. The van der Waals surface area contributed by atoms with Crippen molar-refractivity contribution in [3.8, 4) is 5.75 Å². The van der Waals surface area contributed by atoms with Crippen molar-refractivity contribution in [1.82, 2.24) is 4.90 Å². The average molecular weight is 425 g/mol. The molecule has 3 rings (SSSR count). The Hall–Kier alpha value is -3.06. The number of hydrogen-bond acceptors (Lipinski definition) is 5. The summed E-state index contributed by atoms with van der Waals surface area (Å²) in [6, 6.07) is 13.0. The van der Waals surface area contributed by atoms with Crippen LogP contribution in [0.5, 0.6) is 5.75 Å². The Labute approximate surface area is 180 Å². The van der Waals surface area contributed by atoms with E-state index in [1.807, 2.05) is 70.2 Å². The summed E-state index contributed by atoms with van der Waals surface area (Å²) in [5, 5.41) is 2.28. The molecule has 6 nitrogen and oxygen atoms in total. The first-order valence-corrected chi connectivity index (χ1v) is 10.4. The number of aryl methyl sites for hydroxylation is 2. The molecular weight excluding hydrogens is 400 g/mol. The van der Waals surface area contributed by atoms with E-state index in [2.05, 4.69) is 5.32 Å². The number of ether oxygens (including phenoxy) is 1. The molecule has 156 valence electrons. The highest BCUT2D eigenvalue weighted by atomic mass is 32.2. The molecule has 2 aromatic carbocycles. The summed E-state index contributed by atoms with van der Waals surface area (Å²) in [7, 11) is 0. The summed E-state index contributed by atoms with van der Waals surface area (Å²) in [4.78, 5) is 38.7. The predicted octanol–water partition coefficient (Wildman–Crippen LogP) is 4.77. The van der Waals surface area contributed by atoms with E-state index < -0.39 is 17.1 Å². The summed E-state index contributed by atoms with van der Waals surface area (Å²) in [5.74, 6) is -0.279. The number of rotatable bonds is 6. The molecule has 0 radical (unpaired) electrons. The van der Waals surface area contributed by atoms with Gasteiger partial charge in [0.05, 0.1) is 11.0 Å². The molecule has 1 heterocycles. The van der Waals surface area contributed by atoms with Gasteiger partial charge < -0.3 is 10.1 Å². The van der Waals surface area contributed by atoms with Gasteiger partial charge in [0, 0.05) is 11.3 Å². The summed E-state index contributed by atoms with van der Waals surface area (Å²) >= 11 is 0.820. The molecule has 1 fully saturated rings. The van der Waals surface area contributed by atoms with Gasteiger partial charge >= 0.3 is 0 Å². The SMILES string of the molecule is Cc1cc(C)cc(NC(=O)CN2C(=O)S/C(=C\c3ccccc3OC(C)C)C2=O)c1. The highest BCUT2D eigenvalue weighted by Crippen LogP contribution is 2.34. The Morgan fingerprint density at radius 3 is 2.47 bits per heavy atom. The van der Waals surface area contributed by atoms with Crippen molar-refractivity contribution in [2.24, 2.45) is 0 Å². The molecule has 3 amide bonds. The minimum Gasteiger partial charge on any atom is -0.490 e. The number of carbonyl (C=O) groups excluding carboxylic acids is 3. The van der Waals surface area contributed by atoms with E-state index in [-0.39, 0.29) is 17.6 Å². The van der Waals surface area contributed by atoms with Crippen molar-refractivity contribution in [1.29, 1.82) is 0 Å². The van der Waals surface area contributed by atoms with Crippen LogP contribution in [0.25, 0.3) is 6.08 Å². The second-order valence-corrected chi connectivity index (χ2v) is 8.39. The Kier molecular flexibility index (Phi) is 6.62. The molecule has 0 aliphatic carbocycles. The molecule has 0 aromatic heterocycles. The number of benzene rings is 2. The van der Waals surface area contributed by atoms with Crippen molar-refractivity contribution in [2.75, 3.05) is 11.9 Å². The quantitative estimate of drug-likeness (QED) is 0.677. The van der Waals surface area contributed by atoms with Gasteiger partial charge in [-0.2, -0.15) is 0 Å². The fourth-order valence-corrected chi connectivity index (χ4v) is 3.96. The van der Waals surface area contributed by atoms with E-state index in [0.29, 0.717) is 17.0 Å². The topological polar surface area (TPSA) is 75.7 Å². The molecule has 7 heteroatoms. The number of amides is 3. The fourth-order valence-electron chi connectivity index (χ4n) is 3.13. The number of hydrogen-bond donors (Lipinski definition) is 1. The molecule has 0 unspecified atom stereocenters. The van der Waals surface area contributed by atoms with Crippen LogP contribution in [0.15, 0.2) is 47.4 Å². The van der Waals surface area contributed by atoms with Gasteiger partial charge in [0.1, 0.15) is 12.3 Å². The van der Waals surface area contributed by atoms with Crippen LogP contribution in [0.4, 0.5) is 10.5 Å². The van der Waals surface area contributed by atoms with Gasteiger partial charge in [-0.1, -0.05) is 24.3 Å². The molecule has 30 heavy (non-hydrogen) atoms. The third kappa shape index (κ3) is 5.30. The lowest BCUT2D eigenvalue weighted by molar-refractivity contribution is -0.127. The van der Waals surface area contributed by atoms with Crippen LogP contribution in [-0.4, -0.2) is 34.6 Å². The van der Waals surface area contributed by atoms with Gasteiger partial charge in [0.25, 0.3) is 11.1 Å². The molecule has 1 saturated heterocycles. The second-order valence-electron chi connectivity index (χ2n) is 7.40. The number of anilines is 1. The van der Waals surface area contributed by atoms with E-state index >= 15 is 0 Å². The zero-order valence-electron chi connectivity index (χ0n) is 17.4. The van der Waals surface area contributed by atoms with Gasteiger partial charge in [-0.15, -0.1) is 0 Å². The first kappa shape index (κ1) is 21.6. The Balaban J connectivity index is 1.73. The molecular formula is C23H24N2O4S. The zero-order valence-corrected chi connectivity index (χ0v) is 18.2. The summed E-state index contributed by atoms with van der Waals surface area (Å²) in [5.41, 5.74) is 3.37. The molecule has 2 aromatic rings. The van der Waals surface area contributed by atoms with Crippen LogP contribution >= 0.6 is 11.8 Å². The number of thioether (sulfide) groups is 1. The first-order valence-electron chi connectivity index (χ1n) is 9.62. The van der Waals surface area contributed by atoms with E-state index in [9.17, 15) is 14.4 Å². The number of carbonyl (C=O) groups is 3. The summed E-state index contributed by atoms with van der Waals surface area (Å²) in [6.07, 6.45) is 1.60. The number of imide groups is 1. The zero-order chi connectivity index (χ0) is 21.8.